The van der Waals surface area contributed by atoms with Gasteiger partial charge in [0.25, 0.3) is 5.69 Å². The number of hydrogen-bond donors (Lipinski definition) is 2. The van der Waals surface area contributed by atoms with Gasteiger partial charge in [-0.2, -0.15) is 0 Å². The third kappa shape index (κ3) is 7.47. The summed E-state index contributed by atoms with van der Waals surface area (Å²) in [6.07, 6.45) is 1.94. The molecule has 2 N–H and O–H groups in total. The molecule has 0 radical (unpaired) electrons. The van der Waals surface area contributed by atoms with Crippen LogP contribution in [0.25, 0.3) is 6.08 Å². The van der Waals surface area contributed by atoms with Crippen LogP contribution in [0.3, 0.4) is 0 Å². The molecule has 0 saturated heterocycles. The summed E-state index contributed by atoms with van der Waals surface area (Å²) in [6.45, 7) is 6.86. The number of carboxylic acid groups (broad SMARTS) is 1. The minimum Gasteiger partial charge on any atom is -0.481 e. The number of carboxylic acids is 1. The van der Waals surface area contributed by atoms with Crippen LogP contribution in [0.4, 0.5) is 10.5 Å². The summed E-state index contributed by atoms with van der Waals surface area (Å²) in [4.78, 5) is 33.2. The Bertz CT molecular complexity index is 691. The summed E-state index contributed by atoms with van der Waals surface area (Å²) in [5, 5.41) is 22.3. The number of nitro groups is 1. The highest BCUT2D eigenvalue weighted by Crippen LogP contribution is 2.19. The lowest BCUT2D eigenvalue weighted by Crippen LogP contribution is -2.39. The molecular formula is C17H22N2O6. The van der Waals surface area contributed by atoms with E-state index in [0.717, 1.165) is 5.56 Å². The molecule has 136 valence electrons. The summed E-state index contributed by atoms with van der Waals surface area (Å²) in [7, 11) is 0. The number of aryl methyl sites for hydroxylation is 1. The summed E-state index contributed by atoms with van der Waals surface area (Å²) in [6, 6.07) is 3.56. The molecule has 0 saturated carbocycles. The van der Waals surface area contributed by atoms with Gasteiger partial charge in [0.2, 0.25) is 0 Å². The number of aliphatic carboxylic acids is 1. The maximum absolute atomic E-state index is 11.8. The molecule has 0 heterocycles. The summed E-state index contributed by atoms with van der Waals surface area (Å²) >= 11 is 0. The standard InChI is InChI=1S/C17H22N2O6/c1-11-5-8-14(19(23)24)9-12(11)6-7-13(10-15(20)21)18-16(22)25-17(2,3)4/h5-9,13H,10H2,1-4H3,(H,18,22)(H,20,21). The molecular weight excluding hydrogens is 328 g/mol. The molecule has 1 atom stereocenters. The van der Waals surface area contributed by atoms with Crippen molar-refractivity contribution in [2.45, 2.75) is 45.8 Å². The van der Waals surface area contributed by atoms with E-state index in [9.17, 15) is 19.7 Å². The van der Waals surface area contributed by atoms with E-state index in [1.54, 1.807) is 39.8 Å². The second-order valence-corrected chi connectivity index (χ2v) is 6.51. The smallest absolute Gasteiger partial charge is 0.408 e. The summed E-state index contributed by atoms with van der Waals surface area (Å²) < 4.78 is 5.11. The summed E-state index contributed by atoms with van der Waals surface area (Å²) in [5.41, 5.74) is 0.571. The highest BCUT2D eigenvalue weighted by atomic mass is 16.6. The lowest BCUT2D eigenvalue weighted by atomic mass is 10.1. The number of nitrogens with zero attached hydrogens (tertiary/aromatic N) is 1. The number of hydrogen-bond acceptors (Lipinski definition) is 5. The van der Waals surface area contributed by atoms with Crippen LogP contribution in [0.15, 0.2) is 24.3 Å². The van der Waals surface area contributed by atoms with Crippen LogP contribution < -0.4 is 5.32 Å². The molecule has 0 aliphatic carbocycles. The van der Waals surface area contributed by atoms with Gasteiger partial charge in [0, 0.05) is 12.1 Å². The maximum Gasteiger partial charge on any atom is 0.408 e. The minimum absolute atomic E-state index is 0.0693. The monoisotopic (exact) mass is 350 g/mol. The average molecular weight is 350 g/mol. The Morgan fingerprint density at radius 2 is 2.04 bits per heavy atom. The topological polar surface area (TPSA) is 119 Å². The molecule has 0 aliphatic heterocycles. The quantitative estimate of drug-likeness (QED) is 0.600. The first-order valence-corrected chi connectivity index (χ1v) is 7.62. The van der Waals surface area contributed by atoms with Crippen molar-refractivity contribution in [2.24, 2.45) is 0 Å². The Morgan fingerprint density at radius 1 is 1.40 bits per heavy atom. The van der Waals surface area contributed by atoms with Crippen molar-refractivity contribution in [3.63, 3.8) is 0 Å². The second kappa shape index (κ2) is 8.27. The number of nitrogens with one attached hydrogen (secondary N) is 1. The highest BCUT2D eigenvalue weighted by Gasteiger charge is 2.20. The predicted octanol–water partition coefficient (Wildman–Crippen LogP) is 3.28. The first-order chi connectivity index (χ1) is 11.5. The van der Waals surface area contributed by atoms with E-state index in [0.29, 0.717) is 5.56 Å². The maximum atomic E-state index is 11.8. The molecule has 8 nitrogen and oxygen atoms in total. The van der Waals surface area contributed by atoms with Crippen LogP contribution in [0.2, 0.25) is 0 Å². The molecule has 0 aromatic heterocycles. The first-order valence-electron chi connectivity index (χ1n) is 7.62. The van der Waals surface area contributed by atoms with Crippen LogP contribution in [0, 0.1) is 17.0 Å². The molecule has 0 bridgehead atoms. The van der Waals surface area contributed by atoms with Crippen molar-refractivity contribution in [1.82, 2.24) is 5.32 Å². The van der Waals surface area contributed by atoms with Crippen molar-refractivity contribution in [3.8, 4) is 0 Å². The highest BCUT2D eigenvalue weighted by molar-refractivity contribution is 5.73. The lowest BCUT2D eigenvalue weighted by molar-refractivity contribution is -0.384. The van der Waals surface area contributed by atoms with Crippen LogP contribution in [0.5, 0.6) is 0 Å². The van der Waals surface area contributed by atoms with Gasteiger partial charge in [-0.3, -0.25) is 14.9 Å². The van der Waals surface area contributed by atoms with Crippen LogP contribution in [-0.2, 0) is 9.53 Å². The number of alkyl carbamates (subject to hydrolysis) is 1. The molecule has 0 aliphatic rings. The predicted molar refractivity (Wildman–Crippen MR) is 92.3 cm³/mol. The number of carbonyl (C=O) groups is 2. The Balaban J connectivity index is 2.96. The molecule has 1 rings (SSSR count). The van der Waals surface area contributed by atoms with E-state index >= 15 is 0 Å². The van der Waals surface area contributed by atoms with Gasteiger partial charge in [-0.25, -0.2) is 4.79 Å². The fraction of sp³-hybridized carbons (Fsp3) is 0.412. The molecule has 8 heteroatoms. The lowest BCUT2D eigenvalue weighted by Gasteiger charge is -2.21. The molecule has 1 aromatic carbocycles. The average Bonchev–Trinajstić information content (AvgIpc) is 2.43. The molecule has 25 heavy (non-hydrogen) atoms. The van der Waals surface area contributed by atoms with Crippen molar-refractivity contribution in [3.05, 3.63) is 45.5 Å². The SMILES string of the molecule is Cc1ccc([N+](=O)[O-])cc1C=CC(CC(=O)O)NC(=O)OC(C)(C)C. The fourth-order valence-corrected chi connectivity index (χ4v) is 1.96. The van der Waals surface area contributed by atoms with Gasteiger partial charge in [0.15, 0.2) is 0 Å². The van der Waals surface area contributed by atoms with Gasteiger partial charge in [-0.05, 0) is 38.8 Å². The minimum atomic E-state index is -1.10. The van der Waals surface area contributed by atoms with Crippen LogP contribution in [0.1, 0.15) is 38.3 Å². The number of ether oxygens (including phenoxy) is 1. The van der Waals surface area contributed by atoms with Gasteiger partial charge >= 0.3 is 12.1 Å². The van der Waals surface area contributed by atoms with Gasteiger partial charge in [-0.15, -0.1) is 0 Å². The number of benzene rings is 1. The Morgan fingerprint density at radius 3 is 2.56 bits per heavy atom. The number of non-ortho nitro benzene ring substituents is 1. The van der Waals surface area contributed by atoms with Crippen LogP contribution in [-0.4, -0.2) is 33.7 Å². The van der Waals surface area contributed by atoms with Crippen molar-refractivity contribution >= 4 is 23.8 Å². The normalized spacial score (nSPS) is 12.6. The van der Waals surface area contributed by atoms with E-state index < -0.39 is 28.6 Å². The number of nitro benzene ring substituents is 1. The van der Waals surface area contributed by atoms with Crippen molar-refractivity contribution in [2.75, 3.05) is 0 Å². The van der Waals surface area contributed by atoms with Gasteiger partial charge in [0.05, 0.1) is 17.4 Å². The van der Waals surface area contributed by atoms with Crippen LogP contribution >= 0.6 is 0 Å². The number of rotatable bonds is 6. The fourth-order valence-electron chi connectivity index (χ4n) is 1.96. The Labute approximate surface area is 145 Å². The number of carbonyl (C=O) groups excluding carboxylic acids is 1. The molecule has 1 unspecified atom stereocenters. The zero-order valence-corrected chi connectivity index (χ0v) is 14.6. The van der Waals surface area contributed by atoms with Crippen molar-refractivity contribution < 1.29 is 24.4 Å². The van der Waals surface area contributed by atoms with Gasteiger partial charge in [-0.1, -0.05) is 18.2 Å². The Kier molecular flexibility index (Phi) is 6.67. The zero-order valence-electron chi connectivity index (χ0n) is 14.6. The van der Waals surface area contributed by atoms with Gasteiger partial charge < -0.3 is 15.2 Å². The largest absolute Gasteiger partial charge is 0.481 e. The molecule has 0 fully saturated rings. The summed E-state index contributed by atoms with van der Waals surface area (Å²) in [5.74, 6) is -1.10. The molecule has 1 amide bonds. The molecule has 1 aromatic rings. The first kappa shape index (κ1) is 20.1. The van der Waals surface area contributed by atoms with E-state index in [1.165, 1.54) is 18.2 Å². The second-order valence-electron chi connectivity index (χ2n) is 6.51. The van der Waals surface area contributed by atoms with E-state index in [4.69, 9.17) is 9.84 Å². The van der Waals surface area contributed by atoms with E-state index in [1.807, 2.05) is 0 Å². The zero-order chi connectivity index (χ0) is 19.2. The third-order valence-electron chi connectivity index (χ3n) is 3.08. The van der Waals surface area contributed by atoms with E-state index in [-0.39, 0.29) is 12.1 Å². The third-order valence-corrected chi connectivity index (χ3v) is 3.08. The Hall–Kier alpha value is -2.90. The molecule has 0 spiro atoms. The van der Waals surface area contributed by atoms with Crippen molar-refractivity contribution in [1.29, 1.82) is 0 Å². The van der Waals surface area contributed by atoms with E-state index in [2.05, 4.69) is 5.32 Å². The van der Waals surface area contributed by atoms with Gasteiger partial charge in [0.1, 0.15) is 5.60 Å². The number of amides is 1.